The van der Waals surface area contributed by atoms with Crippen LogP contribution < -0.4 is 5.32 Å². The summed E-state index contributed by atoms with van der Waals surface area (Å²) in [6.45, 7) is 6.75. The Balaban J connectivity index is 1.85. The molecule has 1 aromatic heterocycles. The molecule has 0 aromatic carbocycles. The third kappa shape index (κ3) is 1.81. The molecule has 3 rings (SSSR count). The fourth-order valence-corrected chi connectivity index (χ4v) is 4.43. The van der Waals surface area contributed by atoms with Crippen molar-refractivity contribution in [2.45, 2.75) is 46.1 Å². The highest BCUT2D eigenvalue weighted by atomic mass is 16.3. The van der Waals surface area contributed by atoms with Crippen LogP contribution in [0, 0.1) is 16.7 Å². The highest BCUT2D eigenvalue weighted by Gasteiger charge is 2.59. The molecule has 2 saturated carbocycles. The Labute approximate surface area is 119 Å². The van der Waals surface area contributed by atoms with Crippen LogP contribution in [0.5, 0.6) is 5.75 Å². The van der Waals surface area contributed by atoms with Gasteiger partial charge in [0, 0.05) is 12.2 Å². The highest BCUT2D eigenvalue weighted by molar-refractivity contribution is 5.95. The number of pyridine rings is 1. The molecule has 2 fully saturated rings. The highest BCUT2D eigenvalue weighted by Crippen LogP contribution is 2.62. The lowest BCUT2D eigenvalue weighted by atomic mass is 9.68. The summed E-state index contributed by atoms with van der Waals surface area (Å²) in [6.07, 6.45) is 5.13. The summed E-state index contributed by atoms with van der Waals surface area (Å²) >= 11 is 0. The summed E-state index contributed by atoms with van der Waals surface area (Å²) in [4.78, 5) is 16.4. The summed E-state index contributed by atoms with van der Waals surface area (Å²) in [6, 6.07) is 3.26. The zero-order valence-electron chi connectivity index (χ0n) is 12.3. The Morgan fingerprint density at radius 1 is 1.45 bits per heavy atom. The van der Waals surface area contributed by atoms with E-state index in [4.69, 9.17) is 0 Å². The van der Waals surface area contributed by atoms with E-state index in [0.29, 0.717) is 5.92 Å². The lowest BCUT2D eigenvalue weighted by molar-refractivity contribution is 0.0730. The van der Waals surface area contributed by atoms with E-state index in [0.717, 1.165) is 0 Å². The molecule has 2 bridgehead atoms. The van der Waals surface area contributed by atoms with E-state index in [9.17, 15) is 9.90 Å². The second kappa shape index (κ2) is 4.21. The molecule has 3 atom stereocenters. The fourth-order valence-electron chi connectivity index (χ4n) is 4.43. The van der Waals surface area contributed by atoms with Crippen LogP contribution >= 0.6 is 0 Å². The second-order valence-electron chi connectivity index (χ2n) is 7.19. The Bertz CT molecular complexity index is 550. The monoisotopic (exact) mass is 274 g/mol. The summed E-state index contributed by atoms with van der Waals surface area (Å²) in [5, 5.41) is 12.9. The first kappa shape index (κ1) is 13.4. The Morgan fingerprint density at radius 2 is 2.20 bits per heavy atom. The van der Waals surface area contributed by atoms with Gasteiger partial charge in [0.15, 0.2) is 5.69 Å². The number of fused-ring (bicyclic) bond motifs is 2. The number of hydrogen-bond acceptors (Lipinski definition) is 3. The molecule has 4 nitrogen and oxygen atoms in total. The number of aromatic nitrogens is 1. The molecule has 0 spiro atoms. The van der Waals surface area contributed by atoms with Gasteiger partial charge in [-0.25, -0.2) is 4.98 Å². The van der Waals surface area contributed by atoms with Crippen molar-refractivity contribution in [3.05, 3.63) is 24.0 Å². The third-order valence-corrected chi connectivity index (χ3v) is 5.55. The smallest absolute Gasteiger partial charge is 0.273 e. The first-order valence-corrected chi connectivity index (χ1v) is 7.29. The van der Waals surface area contributed by atoms with Gasteiger partial charge in [-0.15, -0.1) is 0 Å². The zero-order valence-corrected chi connectivity index (χ0v) is 12.3. The van der Waals surface area contributed by atoms with Crippen LogP contribution in [0.15, 0.2) is 18.3 Å². The summed E-state index contributed by atoms with van der Waals surface area (Å²) in [5.74, 6) is 0.348. The van der Waals surface area contributed by atoms with Crippen molar-refractivity contribution in [1.82, 2.24) is 10.3 Å². The van der Waals surface area contributed by atoms with Crippen LogP contribution in [0.1, 0.15) is 50.5 Å². The van der Waals surface area contributed by atoms with E-state index in [1.54, 1.807) is 6.07 Å². The van der Waals surface area contributed by atoms with Crippen LogP contribution in [0.4, 0.5) is 0 Å². The molecule has 0 saturated heterocycles. The van der Waals surface area contributed by atoms with E-state index in [2.05, 4.69) is 31.1 Å². The van der Waals surface area contributed by atoms with Gasteiger partial charge in [0.1, 0.15) is 5.75 Å². The number of amides is 1. The van der Waals surface area contributed by atoms with Crippen molar-refractivity contribution in [2.24, 2.45) is 16.7 Å². The number of nitrogens with zero attached hydrogens (tertiary/aromatic N) is 1. The van der Waals surface area contributed by atoms with Crippen molar-refractivity contribution in [3.8, 4) is 5.75 Å². The van der Waals surface area contributed by atoms with Crippen molar-refractivity contribution in [2.75, 3.05) is 0 Å². The zero-order chi connectivity index (χ0) is 14.5. The molecular formula is C16H22N2O2. The van der Waals surface area contributed by atoms with Gasteiger partial charge in [0.2, 0.25) is 0 Å². The van der Waals surface area contributed by atoms with Gasteiger partial charge in [0.25, 0.3) is 5.91 Å². The molecule has 2 aliphatic carbocycles. The van der Waals surface area contributed by atoms with Crippen LogP contribution in [-0.4, -0.2) is 22.0 Å². The number of carbonyl (C=O) groups excluding carboxylic acids is 1. The average molecular weight is 274 g/mol. The molecule has 2 aliphatic rings. The maximum absolute atomic E-state index is 12.4. The quantitative estimate of drug-likeness (QED) is 0.871. The number of hydrogen-bond donors (Lipinski definition) is 2. The van der Waals surface area contributed by atoms with Crippen LogP contribution in [0.2, 0.25) is 0 Å². The van der Waals surface area contributed by atoms with E-state index in [-0.39, 0.29) is 34.2 Å². The third-order valence-electron chi connectivity index (χ3n) is 5.55. The summed E-state index contributed by atoms with van der Waals surface area (Å²) in [7, 11) is 0. The van der Waals surface area contributed by atoms with Crippen LogP contribution in [0.3, 0.4) is 0 Å². The SMILES string of the molecule is CC12CCC(C1)C(C)(C)C2NC(=O)c1ncccc1O. The van der Waals surface area contributed by atoms with E-state index in [1.165, 1.54) is 31.5 Å². The van der Waals surface area contributed by atoms with E-state index >= 15 is 0 Å². The van der Waals surface area contributed by atoms with Crippen LogP contribution in [0.25, 0.3) is 0 Å². The topological polar surface area (TPSA) is 62.2 Å². The van der Waals surface area contributed by atoms with E-state index in [1.807, 2.05) is 0 Å². The molecule has 3 unspecified atom stereocenters. The number of carbonyl (C=O) groups is 1. The van der Waals surface area contributed by atoms with Gasteiger partial charge >= 0.3 is 0 Å². The Hall–Kier alpha value is -1.58. The minimum absolute atomic E-state index is 0.0592. The van der Waals surface area contributed by atoms with Gasteiger partial charge in [-0.2, -0.15) is 0 Å². The molecule has 1 heterocycles. The molecule has 20 heavy (non-hydrogen) atoms. The van der Waals surface area contributed by atoms with Crippen molar-refractivity contribution >= 4 is 5.91 Å². The lowest BCUT2D eigenvalue weighted by Gasteiger charge is -2.43. The number of rotatable bonds is 2. The van der Waals surface area contributed by atoms with E-state index < -0.39 is 0 Å². The molecular weight excluding hydrogens is 252 g/mol. The first-order chi connectivity index (χ1) is 9.34. The standard InChI is InChI=1S/C16H22N2O2/c1-15(2)10-6-7-16(3,9-10)14(15)18-13(20)12-11(19)5-4-8-17-12/h4-5,8,10,14,19H,6-7,9H2,1-3H3,(H,18,20). The minimum atomic E-state index is -0.269. The van der Waals surface area contributed by atoms with Gasteiger partial charge in [0.05, 0.1) is 0 Å². The summed E-state index contributed by atoms with van der Waals surface area (Å²) < 4.78 is 0. The van der Waals surface area contributed by atoms with Gasteiger partial charge in [-0.1, -0.05) is 20.8 Å². The molecule has 4 heteroatoms. The van der Waals surface area contributed by atoms with Crippen molar-refractivity contribution < 1.29 is 9.90 Å². The lowest BCUT2D eigenvalue weighted by Crippen LogP contribution is -2.52. The predicted octanol–water partition coefficient (Wildman–Crippen LogP) is 2.73. The number of nitrogens with one attached hydrogen (secondary N) is 1. The van der Waals surface area contributed by atoms with Crippen molar-refractivity contribution in [1.29, 1.82) is 0 Å². The molecule has 0 radical (unpaired) electrons. The normalized spacial score (nSPS) is 34.1. The largest absolute Gasteiger partial charge is 0.505 e. The van der Waals surface area contributed by atoms with Crippen LogP contribution in [-0.2, 0) is 0 Å². The maximum atomic E-state index is 12.4. The Kier molecular flexibility index (Phi) is 2.82. The predicted molar refractivity (Wildman–Crippen MR) is 76.4 cm³/mol. The van der Waals surface area contributed by atoms with Gasteiger partial charge in [-0.3, -0.25) is 4.79 Å². The maximum Gasteiger partial charge on any atom is 0.273 e. The molecule has 1 aromatic rings. The fraction of sp³-hybridized carbons (Fsp3) is 0.625. The number of aromatic hydroxyl groups is 1. The average Bonchev–Trinajstić information content (AvgIpc) is 2.86. The first-order valence-electron chi connectivity index (χ1n) is 7.29. The molecule has 1 amide bonds. The molecule has 0 aliphatic heterocycles. The van der Waals surface area contributed by atoms with Gasteiger partial charge < -0.3 is 10.4 Å². The summed E-state index contributed by atoms with van der Waals surface area (Å²) in [5.41, 5.74) is 0.399. The van der Waals surface area contributed by atoms with Gasteiger partial charge in [-0.05, 0) is 48.1 Å². The molecule has 2 N–H and O–H groups in total. The minimum Gasteiger partial charge on any atom is -0.505 e. The molecule has 108 valence electrons. The second-order valence-corrected chi connectivity index (χ2v) is 7.19. The Morgan fingerprint density at radius 3 is 2.80 bits per heavy atom. The van der Waals surface area contributed by atoms with Crippen molar-refractivity contribution in [3.63, 3.8) is 0 Å².